The van der Waals surface area contributed by atoms with E-state index in [9.17, 15) is 9.59 Å². The standard InChI is InChI=1S/C25H26N2O3/c1-17-12-13-18(2)23(14-17)30-19(3)24(28)27-22-11-7-10-21(15-22)25(29)26-16-20-8-5-4-6-9-20/h4-15,19H,16H2,1-3H3,(H,26,29)(H,27,28). The first-order chi connectivity index (χ1) is 14.4. The van der Waals surface area contributed by atoms with Crippen LogP contribution in [-0.4, -0.2) is 17.9 Å². The van der Waals surface area contributed by atoms with Crippen molar-refractivity contribution in [3.8, 4) is 5.75 Å². The molecule has 0 radical (unpaired) electrons. The maximum atomic E-state index is 12.6. The Morgan fingerprint density at radius 2 is 1.70 bits per heavy atom. The highest BCUT2D eigenvalue weighted by molar-refractivity contribution is 5.98. The van der Waals surface area contributed by atoms with Gasteiger partial charge >= 0.3 is 0 Å². The number of anilines is 1. The van der Waals surface area contributed by atoms with Gasteiger partial charge in [-0.3, -0.25) is 9.59 Å². The van der Waals surface area contributed by atoms with Crippen molar-refractivity contribution >= 4 is 17.5 Å². The molecule has 1 atom stereocenters. The molecule has 3 aromatic carbocycles. The van der Waals surface area contributed by atoms with Crippen molar-refractivity contribution in [2.45, 2.75) is 33.4 Å². The van der Waals surface area contributed by atoms with E-state index in [1.54, 1.807) is 31.2 Å². The topological polar surface area (TPSA) is 67.4 Å². The molecule has 0 saturated carbocycles. The van der Waals surface area contributed by atoms with Gasteiger partial charge in [0, 0.05) is 17.8 Å². The lowest BCUT2D eigenvalue weighted by molar-refractivity contribution is -0.122. The number of nitrogens with one attached hydrogen (secondary N) is 2. The molecule has 0 aliphatic carbocycles. The second kappa shape index (κ2) is 9.74. The summed E-state index contributed by atoms with van der Waals surface area (Å²) >= 11 is 0. The Bertz CT molecular complexity index is 1030. The number of carbonyl (C=O) groups is 2. The Labute approximate surface area is 177 Å². The van der Waals surface area contributed by atoms with Crippen LogP contribution in [-0.2, 0) is 11.3 Å². The molecule has 5 heteroatoms. The van der Waals surface area contributed by atoms with Crippen LogP contribution in [0.4, 0.5) is 5.69 Å². The molecule has 30 heavy (non-hydrogen) atoms. The molecule has 0 aromatic heterocycles. The van der Waals surface area contributed by atoms with Crippen LogP contribution >= 0.6 is 0 Å². The number of ether oxygens (including phenoxy) is 1. The maximum absolute atomic E-state index is 12.6. The molecule has 0 aliphatic rings. The third-order valence-electron chi connectivity index (χ3n) is 4.70. The van der Waals surface area contributed by atoms with E-state index in [1.807, 2.05) is 62.4 Å². The van der Waals surface area contributed by atoms with Gasteiger partial charge in [-0.05, 0) is 61.7 Å². The lowest BCUT2D eigenvalue weighted by atomic mass is 10.1. The quantitative estimate of drug-likeness (QED) is 0.605. The van der Waals surface area contributed by atoms with Crippen LogP contribution in [0.15, 0.2) is 72.8 Å². The number of rotatable bonds is 7. The van der Waals surface area contributed by atoms with Crippen LogP contribution in [0.1, 0.15) is 34.0 Å². The average molecular weight is 402 g/mol. The second-order valence-electron chi connectivity index (χ2n) is 7.27. The lowest BCUT2D eigenvalue weighted by Crippen LogP contribution is -2.30. The molecule has 2 N–H and O–H groups in total. The van der Waals surface area contributed by atoms with Gasteiger partial charge in [0.05, 0.1) is 0 Å². The second-order valence-corrected chi connectivity index (χ2v) is 7.27. The first-order valence-electron chi connectivity index (χ1n) is 9.89. The Morgan fingerprint density at radius 3 is 2.47 bits per heavy atom. The van der Waals surface area contributed by atoms with Crippen LogP contribution in [0.25, 0.3) is 0 Å². The Kier molecular flexibility index (Phi) is 6.86. The van der Waals surface area contributed by atoms with E-state index < -0.39 is 6.10 Å². The van der Waals surface area contributed by atoms with Crippen molar-refractivity contribution in [3.05, 3.63) is 95.1 Å². The summed E-state index contributed by atoms with van der Waals surface area (Å²) in [5.41, 5.74) is 4.08. The van der Waals surface area contributed by atoms with Crippen molar-refractivity contribution in [2.24, 2.45) is 0 Å². The average Bonchev–Trinajstić information content (AvgIpc) is 2.75. The van der Waals surface area contributed by atoms with Crippen molar-refractivity contribution < 1.29 is 14.3 Å². The zero-order valence-electron chi connectivity index (χ0n) is 17.4. The predicted molar refractivity (Wildman–Crippen MR) is 119 cm³/mol. The SMILES string of the molecule is Cc1ccc(C)c(OC(C)C(=O)Nc2cccc(C(=O)NCc3ccccc3)c2)c1. The Morgan fingerprint density at radius 1 is 0.933 bits per heavy atom. The minimum atomic E-state index is -0.680. The van der Waals surface area contributed by atoms with Gasteiger partial charge in [-0.15, -0.1) is 0 Å². The first-order valence-corrected chi connectivity index (χ1v) is 9.89. The molecular formula is C25H26N2O3. The first kappa shape index (κ1) is 21.1. The fourth-order valence-corrected chi connectivity index (χ4v) is 2.94. The van der Waals surface area contributed by atoms with Gasteiger partial charge < -0.3 is 15.4 Å². The van der Waals surface area contributed by atoms with E-state index in [0.29, 0.717) is 23.5 Å². The van der Waals surface area contributed by atoms with Gasteiger partial charge in [0.25, 0.3) is 11.8 Å². The summed E-state index contributed by atoms with van der Waals surface area (Å²) in [7, 11) is 0. The van der Waals surface area contributed by atoms with E-state index in [4.69, 9.17) is 4.74 Å². The highest BCUT2D eigenvalue weighted by atomic mass is 16.5. The summed E-state index contributed by atoms with van der Waals surface area (Å²) < 4.78 is 5.83. The lowest BCUT2D eigenvalue weighted by Gasteiger charge is -2.17. The number of amides is 2. The van der Waals surface area contributed by atoms with E-state index in [2.05, 4.69) is 10.6 Å². The largest absolute Gasteiger partial charge is 0.481 e. The Hall–Kier alpha value is -3.60. The fraction of sp³-hybridized carbons (Fsp3) is 0.200. The van der Waals surface area contributed by atoms with Crippen LogP contribution in [0.5, 0.6) is 5.75 Å². The Balaban J connectivity index is 1.60. The van der Waals surface area contributed by atoms with Gasteiger partial charge in [-0.25, -0.2) is 0 Å². The molecule has 1 unspecified atom stereocenters. The molecule has 0 fully saturated rings. The fourth-order valence-electron chi connectivity index (χ4n) is 2.94. The van der Waals surface area contributed by atoms with Gasteiger partial charge in [-0.2, -0.15) is 0 Å². The summed E-state index contributed by atoms with van der Waals surface area (Å²) in [6.45, 7) is 6.06. The minimum Gasteiger partial charge on any atom is -0.481 e. The zero-order chi connectivity index (χ0) is 21.5. The molecule has 0 spiro atoms. The summed E-state index contributed by atoms with van der Waals surface area (Å²) in [6, 6.07) is 22.4. The van der Waals surface area contributed by atoms with Crippen LogP contribution in [0.2, 0.25) is 0 Å². The zero-order valence-corrected chi connectivity index (χ0v) is 17.4. The number of carbonyl (C=O) groups excluding carboxylic acids is 2. The molecule has 0 aliphatic heterocycles. The van der Waals surface area contributed by atoms with Crippen molar-refractivity contribution in [1.82, 2.24) is 5.32 Å². The molecular weight excluding hydrogens is 376 g/mol. The van der Waals surface area contributed by atoms with Gasteiger partial charge in [0.15, 0.2) is 6.10 Å². The van der Waals surface area contributed by atoms with E-state index in [-0.39, 0.29) is 11.8 Å². The van der Waals surface area contributed by atoms with E-state index >= 15 is 0 Å². The number of hydrogen-bond acceptors (Lipinski definition) is 3. The normalized spacial score (nSPS) is 11.4. The summed E-state index contributed by atoms with van der Waals surface area (Å²) in [6.07, 6.45) is -0.680. The number of aryl methyl sites for hydroxylation is 2. The van der Waals surface area contributed by atoms with Crippen molar-refractivity contribution in [3.63, 3.8) is 0 Å². The van der Waals surface area contributed by atoms with Crippen LogP contribution < -0.4 is 15.4 Å². The monoisotopic (exact) mass is 402 g/mol. The molecule has 2 amide bonds. The molecule has 0 saturated heterocycles. The van der Waals surface area contributed by atoms with Crippen LogP contribution in [0.3, 0.4) is 0 Å². The third kappa shape index (κ3) is 5.70. The third-order valence-corrected chi connectivity index (χ3v) is 4.70. The molecule has 0 heterocycles. The molecule has 5 nitrogen and oxygen atoms in total. The molecule has 3 rings (SSSR count). The summed E-state index contributed by atoms with van der Waals surface area (Å²) in [4.78, 5) is 25.0. The van der Waals surface area contributed by atoms with Crippen molar-refractivity contribution in [1.29, 1.82) is 0 Å². The molecule has 0 bridgehead atoms. The number of hydrogen-bond donors (Lipinski definition) is 2. The highest BCUT2D eigenvalue weighted by Gasteiger charge is 2.17. The predicted octanol–water partition coefficient (Wildman–Crippen LogP) is 4.64. The molecule has 3 aromatic rings. The summed E-state index contributed by atoms with van der Waals surface area (Å²) in [5, 5.41) is 5.71. The smallest absolute Gasteiger partial charge is 0.265 e. The molecule has 154 valence electrons. The maximum Gasteiger partial charge on any atom is 0.265 e. The van der Waals surface area contributed by atoms with Crippen LogP contribution in [0, 0.1) is 13.8 Å². The van der Waals surface area contributed by atoms with Gasteiger partial charge in [0.1, 0.15) is 5.75 Å². The van der Waals surface area contributed by atoms with E-state index in [0.717, 1.165) is 16.7 Å². The highest BCUT2D eigenvalue weighted by Crippen LogP contribution is 2.21. The van der Waals surface area contributed by atoms with Gasteiger partial charge in [0.2, 0.25) is 0 Å². The summed E-state index contributed by atoms with van der Waals surface area (Å²) in [5.74, 6) is 0.207. The number of benzene rings is 3. The van der Waals surface area contributed by atoms with Gasteiger partial charge in [-0.1, -0.05) is 48.5 Å². The van der Waals surface area contributed by atoms with Crippen molar-refractivity contribution in [2.75, 3.05) is 5.32 Å². The van der Waals surface area contributed by atoms with E-state index in [1.165, 1.54) is 0 Å². The minimum absolute atomic E-state index is 0.199.